The van der Waals surface area contributed by atoms with Gasteiger partial charge in [-0.2, -0.15) is 13.2 Å². The fourth-order valence-electron chi connectivity index (χ4n) is 2.81. The van der Waals surface area contributed by atoms with E-state index in [9.17, 15) is 22.8 Å². The third kappa shape index (κ3) is 4.11. The lowest BCUT2D eigenvalue weighted by Gasteiger charge is -2.40. The van der Waals surface area contributed by atoms with Gasteiger partial charge in [-0.3, -0.25) is 9.59 Å². The van der Waals surface area contributed by atoms with Gasteiger partial charge in [0.05, 0.1) is 6.42 Å². The number of carbonyl (C=O) groups is 2. The first-order chi connectivity index (χ1) is 9.69. The molecule has 1 saturated carbocycles. The molecule has 1 saturated heterocycles. The predicted molar refractivity (Wildman–Crippen MR) is 70.3 cm³/mol. The van der Waals surface area contributed by atoms with Gasteiger partial charge in [0.2, 0.25) is 11.8 Å². The Balaban J connectivity index is 2.12. The molecule has 2 aliphatic rings. The van der Waals surface area contributed by atoms with Crippen LogP contribution in [0.1, 0.15) is 39.5 Å². The van der Waals surface area contributed by atoms with Crippen LogP contribution in [0.2, 0.25) is 0 Å². The van der Waals surface area contributed by atoms with Crippen LogP contribution >= 0.6 is 0 Å². The summed E-state index contributed by atoms with van der Waals surface area (Å²) < 4.78 is 37.3. The summed E-state index contributed by atoms with van der Waals surface area (Å²) in [4.78, 5) is 25.7. The van der Waals surface area contributed by atoms with E-state index < -0.39 is 31.2 Å². The van der Waals surface area contributed by atoms with Crippen molar-refractivity contribution in [3.05, 3.63) is 0 Å². The Morgan fingerprint density at radius 3 is 2.38 bits per heavy atom. The number of alkyl halides is 3. The SMILES string of the molecule is CC(C)CC1NC(=O)C(C2CC2)N(CCC(F)(F)F)C1=O. The maximum atomic E-state index is 12.4. The summed E-state index contributed by atoms with van der Waals surface area (Å²) in [6.07, 6.45) is -3.35. The van der Waals surface area contributed by atoms with Gasteiger partial charge < -0.3 is 10.2 Å². The molecule has 1 heterocycles. The summed E-state index contributed by atoms with van der Waals surface area (Å²) >= 11 is 0. The van der Waals surface area contributed by atoms with E-state index in [1.165, 1.54) is 0 Å². The van der Waals surface area contributed by atoms with Gasteiger partial charge in [0.15, 0.2) is 0 Å². The van der Waals surface area contributed by atoms with E-state index in [0.717, 1.165) is 17.7 Å². The smallest absolute Gasteiger partial charge is 0.342 e. The summed E-state index contributed by atoms with van der Waals surface area (Å²) in [5, 5.41) is 2.68. The molecule has 21 heavy (non-hydrogen) atoms. The van der Waals surface area contributed by atoms with E-state index >= 15 is 0 Å². The number of rotatable bonds is 5. The lowest BCUT2D eigenvalue weighted by Crippen LogP contribution is -2.64. The van der Waals surface area contributed by atoms with Crippen LogP contribution < -0.4 is 5.32 Å². The molecule has 0 spiro atoms. The van der Waals surface area contributed by atoms with Gasteiger partial charge in [-0.15, -0.1) is 0 Å². The maximum absolute atomic E-state index is 12.4. The molecule has 120 valence electrons. The Bertz CT molecular complexity index is 419. The highest BCUT2D eigenvalue weighted by Gasteiger charge is 2.48. The van der Waals surface area contributed by atoms with Crippen molar-refractivity contribution in [3.63, 3.8) is 0 Å². The lowest BCUT2D eigenvalue weighted by molar-refractivity contribution is -0.159. The van der Waals surface area contributed by atoms with Crippen LogP contribution in [0, 0.1) is 11.8 Å². The number of hydrogen-bond acceptors (Lipinski definition) is 2. The quantitative estimate of drug-likeness (QED) is 0.845. The maximum Gasteiger partial charge on any atom is 0.390 e. The molecule has 2 rings (SSSR count). The van der Waals surface area contributed by atoms with Crippen molar-refractivity contribution in [3.8, 4) is 0 Å². The van der Waals surface area contributed by atoms with Gasteiger partial charge >= 0.3 is 6.18 Å². The molecule has 2 unspecified atom stereocenters. The standard InChI is InChI=1S/C14H21F3N2O2/c1-8(2)7-10-13(21)19(6-5-14(15,16)17)11(9-3-4-9)12(20)18-10/h8-11H,3-7H2,1-2H3,(H,18,20). The number of nitrogens with zero attached hydrogens (tertiary/aromatic N) is 1. The van der Waals surface area contributed by atoms with E-state index in [4.69, 9.17) is 0 Å². The fraction of sp³-hybridized carbons (Fsp3) is 0.857. The summed E-state index contributed by atoms with van der Waals surface area (Å²) in [6.45, 7) is 3.39. The zero-order chi connectivity index (χ0) is 15.8. The second-order valence-electron chi connectivity index (χ2n) is 6.37. The number of hydrogen-bond donors (Lipinski definition) is 1. The molecule has 0 aromatic rings. The zero-order valence-electron chi connectivity index (χ0n) is 12.2. The Morgan fingerprint density at radius 2 is 1.90 bits per heavy atom. The van der Waals surface area contributed by atoms with Crippen molar-refractivity contribution >= 4 is 11.8 Å². The van der Waals surface area contributed by atoms with Gasteiger partial charge in [-0.05, 0) is 31.1 Å². The molecule has 7 heteroatoms. The molecule has 0 bridgehead atoms. The number of nitrogens with one attached hydrogen (secondary N) is 1. The van der Waals surface area contributed by atoms with Gasteiger partial charge in [0.25, 0.3) is 0 Å². The van der Waals surface area contributed by atoms with E-state index in [2.05, 4.69) is 5.32 Å². The minimum Gasteiger partial charge on any atom is -0.342 e. The van der Waals surface area contributed by atoms with Crippen LogP contribution in [0.3, 0.4) is 0 Å². The van der Waals surface area contributed by atoms with Crippen LogP contribution in [0.4, 0.5) is 13.2 Å². The third-order valence-corrected chi connectivity index (χ3v) is 3.91. The Labute approximate surface area is 122 Å². The Kier molecular flexibility index (Phi) is 4.49. The van der Waals surface area contributed by atoms with Crippen LogP contribution in [-0.2, 0) is 9.59 Å². The van der Waals surface area contributed by atoms with Crippen LogP contribution in [0.15, 0.2) is 0 Å². The van der Waals surface area contributed by atoms with Crippen molar-refractivity contribution < 1.29 is 22.8 Å². The average molecular weight is 306 g/mol. The Morgan fingerprint density at radius 1 is 1.29 bits per heavy atom. The Hall–Kier alpha value is -1.27. The molecule has 1 aliphatic carbocycles. The first-order valence-corrected chi connectivity index (χ1v) is 7.36. The predicted octanol–water partition coefficient (Wildman–Crippen LogP) is 2.09. The first-order valence-electron chi connectivity index (χ1n) is 7.36. The van der Waals surface area contributed by atoms with Gasteiger partial charge in [0.1, 0.15) is 12.1 Å². The molecular formula is C14H21F3N2O2. The van der Waals surface area contributed by atoms with Gasteiger partial charge in [0, 0.05) is 6.54 Å². The number of amides is 2. The number of halogens is 3. The largest absolute Gasteiger partial charge is 0.390 e. The van der Waals surface area contributed by atoms with E-state index in [0.29, 0.717) is 6.42 Å². The highest BCUT2D eigenvalue weighted by Crippen LogP contribution is 2.38. The van der Waals surface area contributed by atoms with Crippen molar-refractivity contribution in [2.75, 3.05) is 6.54 Å². The molecule has 2 fully saturated rings. The van der Waals surface area contributed by atoms with Crippen LogP contribution in [0.5, 0.6) is 0 Å². The highest BCUT2D eigenvalue weighted by molar-refractivity contribution is 5.97. The molecule has 4 nitrogen and oxygen atoms in total. The van der Waals surface area contributed by atoms with Crippen molar-refractivity contribution in [2.45, 2.75) is 57.8 Å². The normalized spacial score (nSPS) is 27.2. The monoisotopic (exact) mass is 306 g/mol. The summed E-state index contributed by atoms with van der Waals surface area (Å²) in [6, 6.07) is -1.41. The minimum atomic E-state index is -4.32. The second kappa shape index (κ2) is 5.85. The van der Waals surface area contributed by atoms with Gasteiger partial charge in [-0.25, -0.2) is 0 Å². The number of carbonyl (C=O) groups excluding carboxylic acids is 2. The molecule has 0 aromatic heterocycles. The zero-order valence-corrected chi connectivity index (χ0v) is 12.2. The summed E-state index contributed by atoms with van der Waals surface area (Å²) in [5.74, 6) is -0.474. The van der Waals surface area contributed by atoms with Gasteiger partial charge in [-0.1, -0.05) is 13.8 Å². The third-order valence-electron chi connectivity index (χ3n) is 3.91. The highest BCUT2D eigenvalue weighted by atomic mass is 19.4. The fourth-order valence-corrected chi connectivity index (χ4v) is 2.81. The lowest BCUT2D eigenvalue weighted by atomic mass is 9.96. The van der Waals surface area contributed by atoms with Crippen molar-refractivity contribution in [2.24, 2.45) is 11.8 Å². The molecule has 0 radical (unpaired) electrons. The topological polar surface area (TPSA) is 49.4 Å². The average Bonchev–Trinajstić information content (AvgIpc) is 3.13. The van der Waals surface area contributed by atoms with Crippen LogP contribution in [-0.4, -0.2) is 41.5 Å². The van der Waals surface area contributed by atoms with Crippen molar-refractivity contribution in [1.82, 2.24) is 10.2 Å². The summed E-state index contributed by atoms with van der Waals surface area (Å²) in [5.41, 5.74) is 0. The van der Waals surface area contributed by atoms with Crippen LogP contribution in [0.25, 0.3) is 0 Å². The molecule has 1 N–H and O–H groups in total. The van der Waals surface area contributed by atoms with Crippen molar-refractivity contribution in [1.29, 1.82) is 0 Å². The number of piperazine rings is 1. The molecule has 1 aliphatic heterocycles. The van der Waals surface area contributed by atoms with E-state index in [-0.39, 0.29) is 23.7 Å². The van der Waals surface area contributed by atoms with E-state index in [1.54, 1.807) is 0 Å². The summed E-state index contributed by atoms with van der Waals surface area (Å²) in [7, 11) is 0. The molecule has 2 atom stereocenters. The molecular weight excluding hydrogens is 285 g/mol. The minimum absolute atomic E-state index is 0.0159. The molecule has 2 amide bonds. The second-order valence-corrected chi connectivity index (χ2v) is 6.37. The molecule has 0 aromatic carbocycles. The van der Waals surface area contributed by atoms with E-state index in [1.807, 2.05) is 13.8 Å². The first kappa shape index (κ1) is 16.1.